The van der Waals surface area contributed by atoms with E-state index in [4.69, 9.17) is 18.5 Å². The van der Waals surface area contributed by atoms with Crippen molar-refractivity contribution in [3.63, 3.8) is 0 Å². The molecule has 0 aromatic rings. The maximum Gasteiger partial charge on any atom is 0.472 e. The Kier molecular flexibility index (Phi) is 33.8. The maximum atomic E-state index is 12.6. The first-order valence-corrected chi connectivity index (χ1v) is 22.2. The molecule has 0 fully saturated rings. The van der Waals surface area contributed by atoms with Crippen molar-refractivity contribution in [1.29, 1.82) is 0 Å². The monoisotopic (exact) mass is 757 g/mol. The topological polar surface area (TPSA) is 108 Å². The van der Waals surface area contributed by atoms with Gasteiger partial charge >= 0.3 is 19.8 Å². The van der Waals surface area contributed by atoms with Crippen molar-refractivity contribution < 1.29 is 42.1 Å². The Morgan fingerprint density at radius 2 is 1.04 bits per heavy atom. The van der Waals surface area contributed by atoms with Gasteiger partial charge in [-0.25, -0.2) is 4.57 Å². The lowest BCUT2D eigenvalue weighted by atomic mass is 10.1. The minimum absolute atomic E-state index is 0.0243. The molecule has 1 N–H and O–H groups in total. The Morgan fingerprint density at radius 1 is 0.596 bits per heavy atom. The molecule has 0 spiro atoms. The van der Waals surface area contributed by atoms with Crippen LogP contribution in [-0.4, -0.2) is 74.9 Å². The summed E-state index contributed by atoms with van der Waals surface area (Å²) in [6.07, 6.45) is 37.6. The summed E-state index contributed by atoms with van der Waals surface area (Å²) in [6.45, 7) is 4.34. The van der Waals surface area contributed by atoms with E-state index in [9.17, 15) is 19.0 Å². The smallest absolute Gasteiger partial charge is 0.462 e. The molecule has 0 rings (SSSR count). The molecule has 9 nitrogen and oxygen atoms in total. The van der Waals surface area contributed by atoms with Crippen molar-refractivity contribution in [3.8, 4) is 0 Å². The van der Waals surface area contributed by atoms with Crippen LogP contribution in [0.3, 0.4) is 0 Å². The summed E-state index contributed by atoms with van der Waals surface area (Å²) in [5.41, 5.74) is 0. The van der Waals surface area contributed by atoms with Crippen molar-refractivity contribution in [3.05, 3.63) is 36.5 Å². The lowest BCUT2D eigenvalue weighted by Crippen LogP contribution is -2.37. The number of carbonyl (C=O) groups is 2. The van der Waals surface area contributed by atoms with E-state index in [0.717, 1.165) is 64.2 Å². The minimum atomic E-state index is -4.38. The summed E-state index contributed by atoms with van der Waals surface area (Å²) in [4.78, 5) is 35.2. The molecule has 0 aromatic heterocycles. The average molecular weight is 757 g/mol. The van der Waals surface area contributed by atoms with Crippen molar-refractivity contribution in [2.45, 2.75) is 174 Å². The van der Waals surface area contributed by atoms with E-state index in [1.165, 1.54) is 70.6 Å². The summed E-state index contributed by atoms with van der Waals surface area (Å²) < 4.78 is 34.2. The van der Waals surface area contributed by atoms with Gasteiger partial charge in [-0.2, -0.15) is 0 Å². The number of nitrogens with zero attached hydrogens (tertiary/aromatic N) is 1. The van der Waals surface area contributed by atoms with Gasteiger partial charge in [0.25, 0.3) is 0 Å². The van der Waals surface area contributed by atoms with E-state index >= 15 is 0 Å². The number of phosphoric acid groups is 1. The van der Waals surface area contributed by atoms with Gasteiger partial charge in [0.05, 0.1) is 27.7 Å². The minimum Gasteiger partial charge on any atom is -0.462 e. The standard InChI is InChI=1S/C42H78NO8P/c1-6-8-10-12-14-16-18-20-21-23-25-27-29-31-33-35-42(45)51-40(39-50-52(46,47)49-37-36-43(3,4)5)38-48-41(44)34-32-30-28-26-24-22-19-17-15-13-11-9-7-2/h17,19-21,25,27,40H,6-16,18,22-24,26,28-39H2,1-5H3/p+1/b19-17+,21-20+,27-25+/t40-/m1/s1. The van der Waals surface area contributed by atoms with Crippen LogP contribution in [0.4, 0.5) is 0 Å². The molecule has 0 amide bonds. The molecule has 0 aliphatic rings. The van der Waals surface area contributed by atoms with Crippen LogP contribution < -0.4 is 0 Å². The molecule has 52 heavy (non-hydrogen) atoms. The normalized spacial score (nSPS) is 14.0. The molecular weight excluding hydrogens is 677 g/mol. The fourth-order valence-electron chi connectivity index (χ4n) is 5.33. The highest BCUT2D eigenvalue weighted by molar-refractivity contribution is 7.47. The number of hydrogen-bond acceptors (Lipinski definition) is 7. The summed E-state index contributed by atoms with van der Waals surface area (Å²) in [5.74, 6) is -0.848. The quantitative estimate of drug-likeness (QED) is 0.0219. The molecule has 0 radical (unpaired) electrons. The van der Waals surface area contributed by atoms with Crippen LogP contribution in [0.15, 0.2) is 36.5 Å². The van der Waals surface area contributed by atoms with Gasteiger partial charge in [0, 0.05) is 12.8 Å². The van der Waals surface area contributed by atoms with Gasteiger partial charge in [-0.15, -0.1) is 0 Å². The summed E-state index contributed by atoms with van der Waals surface area (Å²) in [7, 11) is 1.45. The predicted octanol–water partition coefficient (Wildman–Crippen LogP) is 11.4. The zero-order valence-electron chi connectivity index (χ0n) is 34.0. The van der Waals surface area contributed by atoms with E-state index < -0.39 is 26.5 Å². The van der Waals surface area contributed by atoms with E-state index in [-0.39, 0.29) is 32.0 Å². The van der Waals surface area contributed by atoms with Crippen LogP contribution in [0.25, 0.3) is 0 Å². The van der Waals surface area contributed by atoms with Gasteiger partial charge in [-0.1, -0.05) is 121 Å². The first-order chi connectivity index (χ1) is 25.0. The second-order valence-electron chi connectivity index (χ2n) is 15.0. The number of allylic oxidation sites excluding steroid dienone is 6. The second kappa shape index (κ2) is 35.0. The third-order valence-electron chi connectivity index (χ3n) is 8.64. The van der Waals surface area contributed by atoms with Gasteiger partial charge in [0.2, 0.25) is 0 Å². The van der Waals surface area contributed by atoms with Crippen LogP contribution in [0.1, 0.15) is 168 Å². The fourth-order valence-corrected chi connectivity index (χ4v) is 6.07. The summed E-state index contributed by atoms with van der Waals surface area (Å²) >= 11 is 0. The Labute approximate surface area is 319 Å². The molecule has 0 heterocycles. The third kappa shape index (κ3) is 38.0. The Morgan fingerprint density at radius 3 is 1.60 bits per heavy atom. The van der Waals surface area contributed by atoms with E-state index in [2.05, 4.69) is 50.3 Å². The molecule has 10 heteroatoms. The first kappa shape index (κ1) is 50.2. The number of phosphoric ester groups is 1. The maximum absolute atomic E-state index is 12.6. The molecule has 0 aromatic carbocycles. The fraction of sp³-hybridized carbons (Fsp3) is 0.810. The van der Waals surface area contributed by atoms with Crippen LogP contribution >= 0.6 is 7.82 Å². The van der Waals surface area contributed by atoms with Crippen LogP contribution in [0.5, 0.6) is 0 Å². The van der Waals surface area contributed by atoms with E-state index in [0.29, 0.717) is 17.4 Å². The van der Waals surface area contributed by atoms with Crippen LogP contribution in [-0.2, 0) is 32.7 Å². The van der Waals surface area contributed by atoms with Crippen LogP contribution in [0.2, 0.25) is 0 Å². The number of carbonyl (C=O) groups excluding carboxylic acids is 2. The largest absolute Gasteiger partial charge is 0.472 e. The predicted molar refractivity (Wildman–Crippen MR) is 215 cm³/mol. The van der Waals surface area contributed by atoms with Crippen LogP contribution in [0, 0.1) is 0 Å². The lowest BCUT2D eigenvalue weighted by Gasteiger charge is -2.24. The zero-order valence-corrected chi connectivity index (χ0v) is 34.9. The molecule has 304 valence electrons. The van der Waals surface area contributed by atoms with Gasteiger partial charge < -0.3 is 18.9 Å². The first-order valence-electron chi connectivity index (χ1n) is 20.7. The van der Waals surface area contributed by atoms with Gasteiger partial charge in [0.1, 0.15) is 19.8 Å². The summed E-state index contributed by atoms with van der Waals surface area (Å²) in [5, 5.41) is 0. The second-order valence-corrected chi connectivity index (χ2v) is 16.5. The van der Waals surface area contributed by atoms with Crippen molar-refractivity contribution in [2.75, 3.05) is 47.5 Å². The van der Waals surface area contributed by atoms with Crippen molar-refractivity contribution >= 4 is 19.8 Å². The van der Waals surface area contributed by atoms with Crippen molar-refractivity contribution in [2.24, 2.45) is 0 Å². The zero-order chi connectivity index (χ0) is 38.6. The number of rotatable bonds is 37. The highest BCUT2D eigenvalue weighted by Crippen LogP contribution is 2.43. The Hall–Kier alpha value is -1.77. The number of likely N-dealkylation sites (N-methyl/N-ethyl adjacent to an activating group) is 1. The number of quaternary nitrogens is 1. The van der Waals surface area contributed by atoms with Gasteiger partial charge in [-0.3, -0.25) is 18.6 Å². The molecule has 0 saturated heterocycles. The molecule has 0 aliphatic heterocycles. The van der Waals surface area contributed by atoms with Crippen molar-refractivity contribution in [1.82, 2.24) is 0 Å². The van der Waals surface area contributed by atoms with E-state index in [1.807, 2.05) is 21.1 Å². The SMILES string of the molecule is CCCCCC/C=C/CCCCCCCC(=O)OC[C@H](COP(=O)(O)OCC[N+](C)(C)C)OC(=O)CCCC/C=C/C/C=C/CCCCCCCC. The molecular formula is C42H79NO8P+. The highest BCUT2D eigenvalue weighted by Gasteiger charge is 2.27. The average Bonchev–Trinajstić information content (AvgIpc) is 3.09. The number of ether oxygens (including phenoxy) is 2. The highest BCUT2D eigenvalue weighted by atomic mass is 31.2. The van der Waals surface area contributed by atoms with Gasteiger partial charge in [0.15, 0.2) is 6.10 Å². The van der Waals surface area contributed by atoms with Gasteiger partial charge in [-0.05, 0) is 70.6 Å². The molecule has 1 unspecified atom stereocenters. The Balaban J connectivity index is 4.47. The third-order valence-corrected chi connectivity index (χ3v) is 9.63. The number of esters is 2. The number of unbranched alkanes of at least 4 members (excludes halogenated alkanes) is 17. The molecule has 2 atom stereocenters. The molecule has 0 saturated carbocycles. The molecule has 0 aliphatic carbocycles. The molecule has 0 bridgehead atoms. The van der Waals surface area contributed by atoms with E-state index in [1.54, 1.807) is 0 Å². The lowest BCUT2D eigenvalue weighted by molar-refractivity contribution is -0.870. The Bertz CT molecular complexity index is 991. The summed E-state index contributed by atoms with van der Waals surface area (Å²) in [6, 6.07) is 0. The number of hydrogen-bond donors (Lipinski definition) is 1.